The molecule has 0 radical (unpaired) electrons. The first-order valence-electron chi connectivity index (χ1n) is 9.01. The normalized spacial score (nSPS) is 10.5. The average Bonchev–Trinajstić information content (AvgIpc) is 2.76. The fourth-order valence-electron chi connectivity index (χ4n) is 2.92. The van der Waals surface area contributed by atoms with Crippen LogP contribution in [0.2, 0.25) is 0 Å². The quantitative estimate of drug-likeness (QED) is 0.334. The molecule has 0 aliphatic rings. The van der Waals surface area contributed by atoms with E-state index in [2.05, 4.69) is 58.2 Å². The van der Waals surface area contributed by atoms with Crippen LogP contribution < -0.4 is 0 Å². The van der Waals surface area contributed by atoms with Crippen molar-refractivity contribution in [3.8, 4) is 28.6 Å². The van der Waals surface area contributed by atoms with Crippen molar-refractivity contribution < 1.29 is 0 Å². The summed E-state index contributed by atoms with van der Waals surface area (Å²) in [6, 6.07) is 26.3. The predicted octanol–water partition coefficient (Wildman–Crippen LogP) is 6.90. The standard InChI is InChI=1S/C24H16BrN3S/c1-16-5-11-19(12-6-16)29-24-21(15-26)20(17-7-9-18(25)10-8-17)14-23(28-24)22-4-2-3-13-27-22/h2-14H,1H3. The zero-order valence-electron chi connectivity index (χ0n) is 15.6. The molecule has 0 atom stereocenters. The average molecular weight is 458 g/mol. The van der Waals surface area contributed by atoms with Crippen molar-refractivity contribution in [2.45, 2.75) is 16.8 Å². The molecule has 0 saturated carbocycles. The van der Waals surface area contributed by atoms with Gasteiger partial charge in [-0.25, -0.2) is 4.98 Å². The van der Waals surface area contributed by atoms with Crippen LogP contribution in [0, 0.1) is 18.3 Å². The highest BCUT2D eigenvalue weighted by atomic mass is 79.9. The molecule has 0 aliphatic heterocycles. The Kier molecular flexibility index (Phi) is 5.75. The van der Waals surface area contributed by atoms with Gasteiger partial charge in [0.2, 0.25) is 0 Å². The van der Waals surface area contributed by atoms with Gasteiger partial charge in [0, 0.05) is 21.1 Å². The topological polar surface area (TPSA) is 49.6 Å². The van der Waals surface area contributed by atoms with Gasteiger partial charge >= 0.3 is 0 Å². The second-order valence-corrected chi connectivity index (χ2v) is 8.46. The lowest BCUT2D eigenvalue weighted by molar-refractivity contribution is 1.10. The molecule has 0 unspecified atom stereocenters. The molecular weight excluding hydrogens is 442 g/mol. The van der Waals surface area contributed by atoms with Crippen LogP contribution in [0.3, 0.4) is 0 Å². The van der Waals surface area contributed by atoms with Crippen molar-refractivity contribution in [2.75, 3.05) is 0 Å². The van der Waals surface area contributed by atoms with Crippen molar-refractivity contribution in [1.82, 2.24) is 9.97 Å². The summed E-state index contributed by atoms with van der Waals surface area (Å²) in [6.45, 7) is 2.06. The Morgan fingerprint density at radius 3 is 2.34 bits per heavy atom. The Labute approximate surface area is 182 Å². The summed E-state index contributed by atoms with van der Waals surface area (Å²) in [7, 11) is 0. The molecule has 5 heteroatoms. The van der Waals surface area contributed by atoms with Gasteiger partial charge in [-0.2, -0.15) is 5.26 Å². The summed E-state index contributed by atoms with van der Waals surface area (Å²) < 4.78 is 0.994. The Balaban J connectivity index is 1.90. The second-order valence-electron chi connectivity index (χ2n) is 6.48. The summed E-state index contributed by atoms with van der Waals surface area (Å²) in [5.41, 5.74) is 5.11. The molecule has 0 aliphatic carbocycles. The van der Waals surface area contributed by atoms with E-state index >= 15 is 0 Å². The first-order valence-corrected chi connectivity index (χ1v) is 10.6. The zero-order chi connectivity index (χ0) is 20.2. The molecule has 0 N–H and O–H groups in total. The van der Waals surface area contributed by atoms with Gasteiger partial charge in [0.15, 0.2) is 0 Å². The molecule has 0 fully saturated rings. The first kappa shape index (κ1) is 19.4. The van der Waals surface area contributed by atoms with Crippen LogP contribution in [-0.4, -0.2) is 9.97 Å². The molecule has 2 heterocycles. The van der Waals surface area contributed by atoms with Crippen LogP contribution in [0.4, 0.5) is 0 Å². The highest BCUT2D eigenvalue weighted by Crippen LogP contribution is 2.37. The Hall–Kier alpha value is -2.94. The molecule has 0 amide bonds. The summed E-state index contributed by atoms with van der Waals surface area (Å²) in [4.78, 5) is 10.3. The maximum absolute atomic E-state index is 9.97. The molecule has 2 aromatic carbocycles. The van der Waals surface area contributed by atoms with E-state index in [1.54, 1.807) is 6.20 Å². The van der Waals surface area contributed by atoms with E-state index in [0.29, 0.717) is 10.6 Å². The number of nitriles is 1. The van der Waals surface area contributed by atoms with Gasteiger partial charge in [-0.05, 0) is 55.0 Å². The molecular formula is C24H16BrN3S. The van der Waals surface area contributed by atoms with Crippen molar-refractivity contribution in [3.05, 3.63) is 94.6 Å². The van der Waals surface area contributed by atoms with Crippen LogP contribution >= 0.6 is 27.7 Å². The number of nitrogens with zero attached hydrogens (tertiary/aromatic N) is 3. The molecule has 3 nitrogen and oxygen atoms in total. The molecule has 0 bridgehead atoms. The fraction of sp³-hybridized carbons (Fsp3) is 0.0417. The van der Waals surface area contributed by atoms with Crippen LogP contribution in [0.25, 0.3) is 22.5 Å². The number of hydrogen-bond acceptors (Lipinski definition) is 4. The summed E-state index contributed by atoms with van der Waals surface area (Å²) >= 11 is 4.98. The van der Waals surface area contributed by atoms with E-state index in [9.17, 15) is 5.26 Å². The monoisotopic (exact) mass is 457 g/mol. The van der Waals surface area contributed by atoms with E-state index < -0.39 is 0 Å². The number of benzene rings is 2. The van der Waals surface area contributed by atoms with E-state index in [1.807, 2.05) is 48.5 Å². The number of aryl methyl sites for hydroxylation is 1. The van der Waals surface area contributed by atoms with Gasteiger partial charge in [-0.3, -0.25) is 4.98 Å². The number of pyridine rings is 2. The third-order valence-electron chi connectivity index (χ3n) is 4.42. The smallest absolute Gasteiger partial charge is 0.120 e. The maximum Gasteiger partial charge on any atom is 0.120 e. The molecule has 4 aromatic rings. The summed E-state index contributed by atoms with van der Waals surface area (Å²) in [5.74, 6) is 0. The number of rotatable bonds is 4. The van der Waals surface area contributed by atoms with Gasteiger partial charge in [0.25, 0.3) is 0 Å². The van der Waals surface area contributed by atoms with Crippen LogP contribution in [-0.2, 0) is 0 Å². The van der Waals surface area contributed by atoms with E-state index in [4.69, 9.17) is 4.98 Å². The van der Waals surface area contributed by atoms with Crippen LogP contribution in [0.5, 0.6) is 0 Å². The van der Waals surface area contributed by atoms with Gasteiger partial charge in [0.05, 0.1) is 17.0 Å². The lowest BCUT2D eigenvalue weighted by atomic mass is 10.0. The van der Waals surface area contributed by atoms with Crippen LogP contribution in [0.1, 0.15) is 11.1 Å². The minimum atomic E-state index is 0.567. The van der Waals surface area contributed by atoms with Crippen molar-refractivity contribution in [1.29, 1.82) is 5.26 Å². The first-order chi connectivity index (χ1) is 14.1. The van der Waals surface area contributed by atoms with Gasteiger partial charge in [-0.15, -0.1) is 0 Å². The van der Waals surface area contributed by atoms with Gasteiger partial charge < -0.3 is 0 Å². The third-order valence-corrected chi connectivity index (χ3v) is 5.94. The Morgan fingerprint density at radius 2 is 1.69 bits per heavy atom. The zero-order valence-corrected chi connectivity index (χ0v) is 18.0. The lowest BCUT2D eigenvalue weighted by Crippen LogP contribution is -1.96. The summed E-state index contributed by atoms with van der Waals surface area (Å²) in [5, 5.41) is 10.6. The largest absolute Gasteiger partial charge is 0.255 e. The minimum Gasteiger partial charge on any atom is -0.255 e. The number of aromatic nitrogens is 2. The van der Waals surface area contributed by atoms with Crippen molar-refractivity contribution in [2.24, 2.45) is 0 Å². The molecule has 0 saturated heterocycles. The molecule has 29 heavy (non-hydrogen) atoms. The SMILES string of the molecule is Cc1ccc(Sc2nc(-c3ccccn3)cc(-c3ccc(Br)cc3)c2C#N)cc1. The van der Waals surface area contributed by atoms with E-state index in [-0.39, 0.29) is 0 Å². The van der Waals surface area contributed by atoms with E-state index in [1.165, 1.54) is 17.3 Å². The van der Waals surface area contributed by atoms with E-state index in [0.717, 1.165) is 31.9 Å². The maximum atomic E-state index is 9.97. The Morgan fingerprint density at radius 1 is 0.931 bits per heavy atom. The molecule has 0 spiro atoms. The predicted molar refractivity (Wildman–Crippen MR) is 121 cm³/mol. The van der Waals surface area contributed by atoms with Crippen molar-refractivity contribution in [3.63, 3.8) is 0 Å². The highest BCUT2D eigenvalue weighted by molar-refractivity contribution is 9.10. The minimum absolute atomic E-state index is 0.567. The second kappa shape index (κ2) is 8.60. The number of hydrogen-bond donors (Lipinski definition) is 0. The molecule has 2 aromatic heterocycles. The van der Waals surface area contributed by atoms with Crippen molar-refractivity contribution >= 4 is 27.7 Å². The van der Waals surface area contributed by atoms with Crippen LogP contribution in [0.15, 0.2) is 93.4 Å². The Bertz CT molecular complexity index is 1180. The molecule has 4 rings (SSSR count). The molecule has 140 valence electrons. The number of halogens is 1. The highest BCUT2D eigenvalue weighted by Gasteiger charge is 2.17. The fourth-order valence-corrected chi connectivity index (χ4v) is 4.09. The summed E-state index contributed by atoms with van der Waals surface area (Å²) in [6.07, 6.45) is 1.75. The van der Waals surface area contributed by atoms with Gasteiger partial charge in [0.1, 0.15) is 11.1 Å². The lowest BCUT2D eigenvalue weighted by Gasteiger charge is -2.12. The van der Waals surface area contributed by atoms with Gasteiger partial charge in [-0.1, -0.05) is 63.6 Å². The third kappa shape index (κ3) is 4.40.